The fourth-order valence-electron chi connectivity index (χ4n) is 4.80. The van der Waals surface area contributed by atoms with Crippen molar-refractivity contribution in [2.24, 2.45) is 0 Å². The highest BCUT2D eigenvalue weighted by atomic mass is 19.2. The first-order chi connectivity index (χ1) is 19.6. The third kappa shape index (κ3) is 5.43. The second kappa shape index (κ2) is 11.1. The summed E-state index contributed by atoms with van der Waals surface area (Å²) in [7, 11) is 0. The highest BCUT2D eigenvalue weighted by molar-refractivity contribution is 5.88. The Hall–Kier alpha value is -4.57. The van der Waals surface area contributed by atoms with E-state index in [-0.39, 0.29) is 33.2 Å². The van der Waals surface area contributed by atoms with Gasteiger partial charge in [-0.05, 0) is 89.5 Å². The van der Waals surface area contributed by atoms with E-state index in [1.165, 1.54) is 24.3 Å². The number of fused-ring (bicyclic) bond motifs is 1. The lowest BCUT2D eigenvalue weighted by molar-refractivity contribution is 0.451. The largest absolute Gasteiger partial charge is 0.206 e. The molecule has 5 aromatic carbocycles. The standard InChI is InChI=1S/C34H21F7/c1-3-4-19-6-9-25(27(35)12-19)21-11-18(2)24(29(37)15-21)8-5-20-7-10-26(28(36)13-20)22-14-23-17-31(39)33(40)34(41)32(23)30(38)16-22/h6-7,9-17H,3-4H2,1-2H3. The molecule has 0 saturated heterocycles. The van der Waals surface area contributed by atoms with Gasteiger partial charge >= 0.3 is 0 Å². The van der Waals surface area contributed by atoms with E-state index in [2.05, 4.69) is 11.8 Å². The molecule has 0 aliphatic rings. The van der Waals surface area contributed by atoms with Gasteiger partial charge in [-0.2, -0.15) is 0 Å². The van der Waals surface area contributed by atoms with Gasteiger partial charge < -0.3 is 0 Å². The smallest absolute Gasteiger partial charge is 0.195 e. The fourth-order valence-corrected chi connectivity index (χ4v) is 4.80. The average Bonchev–Trinajstić information content (AvgIpc) is 2.91. The number of hydrogen-bond donors (Lipinski definition) is 0. The average molecular weight is 563 g/mol. The van der Waals surface area contributed by atoms with Gasteiger partial charge in [0.05, 0.1) is 10.9 Å². The molecular weight excluding hydrogens is 541 g/mol. The van der Waals surface area contributed by atoms with E-state index in [0.29, 0.717) is 17.2 Å². The van der Waals surface area contributed by atoms with Crippen molar-refractivity contribution >= 4 is 10.8 Å². The van der Waals surface area contributed by atoms with Gasteiger partial charge in [-0.25, -0.2) is 30.7 Å². The molecule has 0 N–H and O–H groups in total. The summed E-state index contributed by atoms with van der Waals surface area (Å²) in [5, 5.41) is -1.01. The zero-order chi connectivity index (χ0) is 29.4. The third-order valence-electron chi connectivity index (χ3n) is 6.81. The van der Waals surface area contributed by atoms with E-state index in [0.717, 1.165) is 36.6 Å². The van der Waals surface area contributed by atoms with Gasteiger partial charge in [-0.3, -0.25) is 0 Å². The summed E-state index contributed by atoms with van der Waals surface area (Å²) < 4.78 is 101. The summed E-state index contributed by atoms with van der Waals surface area (Å²) in [6, 6.07) is 14.1. The highest BCUT2D eigenvalue weighted by Gasteiger charge is 2.19. The van der Waals surface area contributed by atoms with Gasteiger partial charge in [-0.1, -0.05) is 43.4 Å². The van der Waals surface area contributed by atoms with Gasteiger partial charge in [0.15, 0.2) is 17.5 Å². The summed E-state index contributed by atoms with van der Waals surface area (Å²) >= 11 is 0. The van der Waals surface area contributed by atoms with Crippen LogP contribution < -0.4 is 0 Å². The zero-order valence-electron chi connectivity index (χ0n) is 21.9. The second-order valence-electron chi connectivity index (χ2n) is 9.70. The van der Waals surface area contributed by atoms with Crippen LogP contribution in [0.25, 0.3) is 33.0 Å². The van der Waals surface area contributed by atoms with E-state index < -0.39 is 46.1 Å². The van der Waals surface area contributed by atoms with Crippen molar-refractivity contribution in [3.63, 3.8) is 0 Å². The Balaban J connectivity index is 1.45. The Bertz CT molecular complexity index is 1870. The van der Waals surface area contributed by atoms with Gasteiger partial charge in [0.2, 0.25) is 0 Å². The van der Waals surface area contributed by atoms with Crippen molar-refractivity contribution in [2.75, 3.05) is 0 Å². The van der Waals surface area contributed by atoms with Crippen LogP contribution in [0.5, 0.6) is 0 Å². The number of benzene rings is 5. The summed E-state index contributed by atoms with van der Waals surface area (Å²) in [6.45, 7) is 3.63. The molecule has 0 aliphatic heterocycles. The number of hydrogen-bond acceptors (Lipinski definition) is 0. The molecule has 0 radical (unpaired) electrons. The Morgan fingerprint density at radius 2 is 1.24 bits per heavy atom. The maximum absolute atomic E-state index is 15.0. The van der Waals surface area contributed by atoms with Crippen LogP contribution >= 0.6 is 0 Å². The molecule has 0 spiro atoms. The Morgan fingerprint density at radius 1 is 0.585 bits per heavy atom. The second-order valence-corrected chi connectivity index (χ2v) is 9.70. The molecule has 5 aromatic rings. The van der Waals surface area contributed by atoms with Crippen molar-refractivity contribution in [1.29, 1.82) is 0 Å². The van der Waals surface area contributed by atoms with E-state index in [1.807, 2.05) is 13.0 Å². The molecular formula is C34H21F7. The van der Waals surface area contributed by atoms with Crippen LogP contribution in [0.3, 0.4) is 0 Å². The normalized spacial score (nSPS) is 11.0. The van der Waals surface area contributed by atoms with Crippen LogP contribution in [0.4, 0.5) is 30.7 Å². The molecule has 5 rings (SSSR count). The van der Waals surface area contributed by atoms with Gasteiger partial charge in [0.1, 0.15) is 23.3 Å². The Kier molecular flexibility index (Phi) is 7.59. The van der Waals surface area contributed by atoms with Crippen molar-refractivity contribution in [2.45, 2.75) is 26.7 Å². The molecule has 0 aromatic heterocycles. The van der Waals surface area contributed by atoms with Crippen LogP contribution in [-0.4, -0.2) is 0 Å². The number of halogens is 7. The van der Waals surface area contributed by atoms with Crippen molar-refractivity contribution in [3.05, 3.63) is 130 Å². The molecule has 206 valence electrons. The third-order valence-corrected chi connectivity index (χ3v) is 6.81. The van der Waals surface area contributed by atoms with Crippen LogP contribution in [0.15, 0.2) is 66.7 Å². The first kappa shape index (κ1) is 28.0. The predicted molar refractivity (Wildman–Crippen MR) is 146 cm³/mol. The molecule has 0 saturated carbocycles. The van der Waals surface area contributed by atoms with Gasteiger partial charge in [0, 0.05) is 16.7 Å². The minimum atomic E-state index is -1.80. The summed E-state index contributed by atoms with van der Waals surface area (Å²) in [5.74, 6) is -2.67. The topological polar surface area (TPSA) is 0 Å². The lowest BCUT2D eigenvalue weighted by Gasteiger charge is -2.09. The monoisotopic (exact) mass is 562 g/mol. The molecule has 0 bridgehead atoms. The van der Waals surface area contributed by atoms with Crippen LogP contribution in [0.2, 0.25) is 0 Å². The molecule has 0 fully saturated rings. The summed E-state index contributed by atoms with van der Waals surface area (Å²) in [6.07, 6.45) is 1.61. The first-order valence-electron chi connectivity index (χ1n) is 12.7. The molecule has 0 amide bonds. The quantitative estimate of drug-likeness (QED) is 0.116. The van der Waals surface area contributed by atoms with E-state index in [9.17, 15) is 22.0 Å². The van der Waals surface area contributed by atoms with Gasteiger partial charge in [-0.15, -0.1) is 0 Å². The van der Waals surface area contributed by atoms with E-state index in [1.54, 1.807) is 19.1 Å². The molecule has 7 heteroatoms. The zero-order valence-corrected chi connectivity index (χ0v) is 21.9. The van der Waals surface area contributed by atoms with Crippen molar-refractivity contribution in [1.82, 2.24) is 0 Å². The predicted octanol–water partition coefficient (Wildman–Crippen LogP) is 9.81. The SMILES string of the molecule is CCCc1ccc(-c2cc(C)c(C#Cc3ccc(-c4cc(F)c5c(F)c(F)c(F)cc5c4)c(F)c3)c(F)c2)c(F)c1. The lowest BCUT2D eigenvalue weighted by atomic mass is 9.97. The van der Waals surface area contributed by atoms with Crippen LogP contribution in [-0.2, 0) is 6.42 Å². The molecule has 0 nitrogen and oxygen atoms in total. The van der Waals surface area contributed by atoms with Crippen LogP contribution in [0.1, 0.15) is 35.6 Å². The minimum Gasteiger partial charge on any atom is -0.206 e. The maximum atomic E-state index is 15.0. The minimum absolute atomic E-state index is 0.0233. The van der Waals surface area contributed by atoms with E-state index >= 15 is 8.78 Å². The van der Waals surface area contributed by atoms with Crippen molar-refractivity contribution < 1.29 is 30.7 Å². The van der Waals surface area contributed by atoms with Crippen molar-refractivity contribution in [3.8, 4) is 34.1 Å². The lowest BCUT2D eigenvalue weighted by Crippen LogP contribution is -1.96. The van der Waals surface area contributed by atoms with E-state index in [4.69, 9.17) is 0 Å². The Morgan fingerprint density at radius 3 is 1.90 bits per heavy atom. The molecule has 0 atom stereocenters. The molecule has 41 heavy (non-hydrogen) atoms. The highest BCUT2D eigenvalue weighted by Crippen LogP contribution is 2.33. The maximum Gasteiger partial charge on any atom is 0.195 e. The van der Waals surface area contributed by atoms with Gasteiger partial charge in [0.25, 0.3) is 0 Å². The van der Waals surface area contributed by atoms with Crippen LogP contribution in [0, 0.1) is 59.5 Å². The fraction of sp³-hybridized carbons (Fsp3) is 0.118. The Labute approximate surface area is 232 Å². The number of rotatable bonds is 4. The molecule has 0 aliphatic carbocycles. The first-order valence-corrected chi connectivity index (χ1v) is 12.7. The number of aryl methyl sites for hydroxylation is 2. The molecule has 0 unspecified atom stereocenters. The summed E-state index contributed by atoms with van der Waals surface area (Å²) in [5.41, 5.74) is 2.10. The molecule has 0 heterocycles. The summed E-state index contributed by atoms with van der Waals surface area (Å²) in [4.78, 5) is 0.